The number of aromatic nitrogens is 6. The first-order chi connectivity index (χ1) is 15.3. The number of nitro groups is 2. The van der Waals surface area contributed by atoms with Crippen LogP contribution in [0, 0.1) is 20.2 Å². The van der Waals surface area contributed by atoms with E-state index in [1.165, 1.54) is 12.7 Å². The van der Waals surface area contributed by atoms with Gasteiger partial charge in [-0.2, -0.15) is 0 Å². The van der Waals surface area contributed by atoms with Gasteiger partial charge in [0.1, 0.15) is 10.2 Å². The third kappa shape index (κ3) is 6.43. The molecule has 0 spiro atoms. The van der Waals surface area contributed by atoms with E-state index < -0.39 is 21.9 Å². The minimum absolute atomic E-state index is 0.203. The predicted octanol–water partition coefficient (Wildman–Crippen LogP) is -1.41. The number of anilines is 2. The van der Waals surface area contributed by atoms with Crippen LogP contribution in [0.3, 0.4) is 0 Å². The van der Waals surface area contributed by atoms with Gasteiger partial charge in [-0.25, -0.2) is 9.35 Å². The Morgan fingerprint density at radius 3 is 1.56 bits per heavy atom. The average Bonchev–Trinajstić information content (AvgIpc) is 3.31. The molecule has 0 aliphatic heterocycles. The van der Waals surface area contributed by atoms with E-state index in [-0.39, 0.29) is 13.1 Å². The Kier molecular flexibility index (Phi) is 6.44. The van der Waals surface area contributed by atoms with Crippen LogP contribution in [-0.2, 0) is 22.7 Å². The second kappa shape index (κ2) is 9.56. The molecule has 18 heteroatoms. The minimum atomic E-state index is -0.899. The summed E-state index contributed by atoms with van der Waals surface area (Å²) < 4.78 is 4.03. The summed E-state index contributed by atoms with van der Waals surface area (Å²) in [6.07, 6.45) is 4.50. The molecule has 0 saturated heterocycles. The van der Waals surface area contributed by atoms with Gasteiger partial charge in [0.15, 0.2) is 0 Å². The van der Waals surface area contributed by atoms with Crippen LogP contribution >= 0.6 is 0 Å². The van der Waals surface area contributed by atoms with Crippen molar-refractivity contribution in [3.63, 3.8) is 0 Å². The number of carbonyl (C=O) groups is 2. The van der Waals surface area contributed by atoms with Crippen LogP contribution in [0.1, 0.15) is 0 Å². The fourth-order valence-corrected chi connectivity index (χ4v) is 2.39. The Bertz CT molecular complexity index is 1050. The Morgan fingerprint density at radius 1 is 0.844 bits per heavy atom. The van der Waals surface area contributed by atoms with Crippen molar-refractivity contribution >= 4 is 23.2 Å². The van der Waals surface area contributed by atoms with Gasteiger partial charge in [-0.1, -0.05) is 0 Å². The van der Waals surface area contributed by atoms with Gasteiger partial charge in [0.2, 0.25) is 13.1 Å². The molecule has 2 amide bonds. The molecule has 0 fully saturated rings. The van der Waals surface area contributed by atoms with Gasteiger partial charge in [-0.3, -0.25) is 20.7 Å². The number of amides is 2. The lowest BCUT2D eigenvalue weighted by Crippen LogP contribution is -2.29. The van der Waals surface area contributed by atoms with Gasteiger partial charge in [-0.15, -0.1) is 10.1 Å². The molecule has 2 N–H and O–H groups in total. The molecule has 3 rings (SSSR count). The van der Waals surface area contributed by atoms with Crippen LogP contribution in [0.25, 0.3) is 11.1 Å². The molecule has 0 unspecified atom stereocenters. The third-order valence-electron chi connectivity index (χ3n) is 3.56. The Hall–Kier alpha value is -5.16. The fraction of sp³-hybridized carbons (Fsp3) is 0.143. The van der Waals surface area contributed by atoms with Crippen LogP contribution < -0.4 is 20.0 Å². The smallest absolute Gasteiger partial charge is 0.332 e. The monoisotopic (exact) mass is 446 g/mol. The first kappa shape index (κ1) is 21.5. The summed E-state index contributed by atoms with van der Waals surface area (Å²) >= 11 is 0. The largest absolute Gasteiger partial charge is 0.373 e. The molecule has 0 radical (unpaired) electrons. The molecule has 0 saturated carbocycles. The van der Waals surface area contributed by atoms with Crippen molar-refractivity contribution in [2.75, 3.05) is 10.6 Å². The molecule has 0 aliphatic carbocycles. The normalized spacial score (nSPS) is 10.2. The lowest BCUT2D eigenvalue weighted by molar-refractivity contribution is -0.738. The van der Waals surface area contributed by atoms with Crippen molar-refractivity contribution in [1.82, 2.24) is 19.6 Å². The summed E-state index contributed by atoms with van der Waals surface area (Å²) in [6, 6.07) is 6.21. The molecule has 3 aromatic rings. The second-order valence-corrected chi connectivity index (χ2v) is 5.98. The van der Waals surface area contributed by atoms with Gasteiger partial charge >= 0.3 is 12.7 Å². The van der Waals surface area contributed by atoms with E-state index in [4.69, 9.17) is 0 Å². The maximum Gasteiger partial charge on any atom is 0.332 e. The van der Waals surface area contributed by atoms with Crippen molar-refractivity contribution in [3.8, 4) is 0 Å². The summed E-state index contributed by atoms with van der Waals surface area (Å²) in [5.74, 6) is -0.879. The van der Waals surface area contributed by atoms with Crippen LogP contribution in [0.2, 0.25) is 0 Å². The molecule has 18 nitrogen and oxygen atoms in total. The summed E-state index contributed by atoms with van der Waals surface area (Å²) in [5, 5.41) is 31.6. The number of carbonyl (C=O) groups excluding carboxylic acids is 2. The third-order valence-corrected chi connectivity index (χ3v) is 3.56. The van der Waals surface area contributed by atoms with E-state index in [2.05, 4.69) is 31.9 Å². The van der Waals surface area contributed by atoms with E-state index in [1.54, 1.807) is 24.3 Å². The maximum absolute atomic E-state index is 12.1. The summed E-state index contributed by atoms with van der Waals surface area (Å²) in [7, 11) is 0. The average molecular weight is 446 g/mol. The van der Waals surface area contributed by atoms with Crippen LogP contribution in [0.15, 0.2) is 49.6 Å². The highest BCUT2D eigenvalue weighted by Gasteiger charge is 2.15. The zero-order chi connectivity index (χ0) is 23.1. The van der Waals surface area contributed by atoms with Crippen LogP contribution in [0.5, 0.6) is 0 Å². The van der Waals surface area contributed by atoms with Crippen molar-refractivity contribution in [3.05, 3.63) is 80.9 Å². The summed E-state index contributed by atoms with van der Waals surface area (Å²) in [5.41, 5.74) is 6.87. The molecule has 0 atom stereocenters. The van der Waals surface area contributed by atoms with Gasteiger partial charge < -0.3 is 30.9 Å². The number of benzene rings is 1. The van der Waals surface area contributed by atoms with Crippen LogP contribution in [0.4, 0.5) is 11.4 Å². The van der Waals surface area contributed by atoms with Gasteiger partial charge in [-0.05, 0) is 33.6 Å². The van der Waals surface area contributed by atoms with Gasteiger partial charge in [0.05, 0.1) is 0 Å². The van der Waals surface area contributed by atoms with E-state index >= 15 is 0 Å². The van der Waals surface area contributed by atoms with E-state index in [0.29, 0.717) is 11.4 Å². The molecule has 32 heavy (non-hydrogen) atoms. The quantitative estimate of drug-likeness (QED) is 0.214. The number of nitrogens with zero attached hydrogens (tertiary/aromatic N) is 10. The predicted molar refractivity (Wildman–Crippen MR) is 100 cm³/mol. The molecule has 0 bridgehead atoms. The summed E-state index contributed by atoms with van der Waals surface area (Å²) in [4.78, 5) is 44.8. The minimum Gasteiger partial charge on any atom is -0.373 e. The zero-order valence-electron chi connectivity index (χ0n) is 16.0. The number of rotatable bonds is 10. The van der Waals surface area contributed by atoms with E-state index in [1.807, 2.05) is 0 Å². The Morgan fingerprint density at radius 2 is 1.22 bits per heavy atom. The lowest BCUT2D eigenvalue weighted by atomic mass is 10.2. The molecule has 2 aromatic heterocycles. The maximum atomic E-state index is 12.1. The molecule has 2 heterocycles. The number of hydrogen-bond donors (Lipinski definition) is 2. The van der Waals surface area contributed by atoms with E-state index in [9.17, 15) is 29.8 Å². The first-order valence-electron chi connectivity index (χ1n) is 8.57. The van der Waals surface area contributed by atoms with E-state index in [0.717, 1.165) is 31.4 Å². The van der Waals surface area contributed by atoms with Crippen molar-refractivity contribution in [1.29, 1.82) is 0 Å². The highest BCUT2D eigenvalue weighted by atomic mass is 16.7. The highest BCUT2D eigenvalue weighted by molar-refractivity contribution is 5.92. The SMILES string of the molecule is O=C(Cn1c[n+]([N-][N+](=O)[O-])cn1)Nc1ccc(NC(=O)Cn2c[n+]([N-][N+](=O)[O-])cn2)cc1. The first-order valence-corrected chi connectivity index (χ1v) is 8.57. The highest BCUT2D eigenvalue weighted by Crippen LogP contribution is 2.13. The van der Waals surface area contributed by atoms with Crippen molar-refractivity contribution < 1.29 is 29.0 Å². The Labute approximate surface area is 177 Å². The number of nitrogens with one attached hydrogen (secondary N) is 2. The Balaban J connectivity index is 1.47. The van der Waals surface area contributed by atoms with Gasteiger partial charge in [0.25, 0.3) is 24.5 Å². The van der Waals surface area contributed by atoms with Crippen molar-refractivity contribution in [2.45, 2.75) is 13.1 Å². The molecular weight excluding hydrogens is 432 g/mol. The molecule has 166 valence electrons. The molecule has 0 aliphatic rings. The summed E-state index contributed by atoms with van der Waals surface area (Å²) in [6.45, 7) is -0.406. The fourth-order valence-electron chi connectivity index (χ4n) is 2.39. The van der Waals surface area contributed by atoms with Gasteiger partial charge in [0, 0.05) is 11.4 Å². The lowest BCUT2D eigenvalue weighted by Gasteiger charge is -2.07. The molecular formula is C14H14N12O6. The van der Waals surface area contributed by atoms with Crippen LogP contribution in [-0.4, -0.2) is 41.4 Å². The van der Waals surface area contributed by atoms with Crippen molar-refractivity contribution in [2.24, 2.45) is 0 Å². The number of hydrogen-bond acceptors (Lipinski definition) is 8. The molecule has 1 aromatic carbocycles. The second-order valence-electron chi connectivity index (χ2n) is 5.98. The standard InChI is InChI=1S/C14H14N12O6/c27-13(5-21-9-23(7-15-21)19-25(29)30)17-11-1-2-12(4-3-11)18-14(28)6-22-10-24(8-16-22)20-26(31)32/h1-4,7-10H,5-6H2,(H,17,27)(H,18,28). The topological polar surface area (TPSA) is 216 Å². The zero-order valence-corrected chi connectivity index (χ0v) is 16.0.